The number of nitrogens with zero attached hydrogens (tertiary/aromatic N) is 1. The van der Waals surface area contributed by atoms with Crippen LogP contribution in [0, 0.1) is 0 Å². The number of aliphatic hydroxyl groups excluding tert-OH is 1. The molecule has 0 saturated heterocycles. The number of nitrogens with one attached hydrogen (secondary N) is 1. The van der Waals surface area contributed by atoms with E-state index in [0.29, 0.717) is 17.4 Å². The number of allylic oxidation sites excluding steroid dienone is 1. The highest BCUT2D eigenvalue weighted by Crippen LogP contribution is 2.43. The van der Waals surface area contributed by atoms with Crippen molar-refractivity contribution in [2.24, 2.45) is 0 Å². The standard InChI is InChI=1S/C81H163N2O6P/c1-6-8-10-12-14-16-18-20-22-24-26-28-30-32-34-36-37-38-39-40-41-42-43-44-45-46-47-49-51-53-55-57-59-61-63-65-67-69-71-73-75-81(85)82-79(78-89-90(86,87)88-77-76-83(3,4)5)80(84)74-72-70-68-66-64-62-60-58-56-54-52-50-48-35-33-31-29-27-25-23-21-19-17-15-13-11-9-7-2/h72,74,79-80,84H,6-71,73,75-78H2,1-5H3,(H-,82,85,86,87)/p+1/b74-72+. The second kappa shape index (κ2) is 72.5. The molecule has 0 aliphatic carbocycles. The van der Waals surface area contributed by atoms with Crippen LogP contribution in [0.25, 0.3) is 0 Å². The van der Waals surface area contributed by atoms with E-state index in [9.17, 15) is 19.4 Å². The molecule has 8 nitrogen and oxygen atoms in total. The smallest absolute Gasteiger partial charge is 0.387 e. The quantitative estimate of drug-likeness (QED) is 0.0243. The minimum absolute atomic E-state index is 0.0657. The lowest BCUT2D eigenvalue weighted by molar-refractivity contribution is -0.870. The Morgan fingerprint density at radius 1 is 0.367 bits per heavy atom. The number of unbranched alkanes of at least 4 members (excludes halogenated alkanes) is 65. The van der Waals surface area contributed by atoms with Crippen molar-refractivity contribution in [1.29, 1.82) is 0 Å². The van der Waals surface area contributed by atoms with Gasteiger partial charge in [0.15, 0.2) is 0 Å². The number of hydrogen-bond donors (Lipinski definition) is 3. The predicted molar refractivity (Wildman–Crippen MR) is 397 cm³/mol. The van der Waals surface area contributed by atoms with Gasteiger partial charge in [-0.25, -0.2) is 4.57 Å². The van der Waals surface area contributed by atoms with Gasteiger partial charge in [-0.2, -0.15) is 0 Å². The maximum Gasteiger partial charge on any atom is 0.472 e. The Hall–Kier alpha value is -0.760. The summed E-state index contributed by atoms with van der Waals surface area (Å²) in [4.78, 5) is 23.5. The largest absolute Gasteiger partial charge is 0.472 e. The molecule has 0 radical (unpaired) electrons. The Bertz CT molecular complexity index is 1470. The Balaban J connectivity index is 3.88. The molecule has 1 amide bonds. The molecule has 0 bridgehead atoms. The molecule has 3 unspecified atom stereocenters. The summed E-state index contributed by atoms with van der Waals surface area (Å²) in [5.74, 6) is -0.165. The molecule has 3 atom stereocenters. The average Bonchev–Trinajstić information content (AvgIpc) is 3.62. The third-order valence-electron chi connectivity index (χ3n) is 19.5. The summed E-state index contributed by atoms with van der Waals surface area (Å²) in [6, 6.07) is -0.845. The number of aliphatic hydroxyl groups is 1. The lowest BCUT2D eigenvalue weighted by Gasteiger charge is -2.25. The van der Waals surface area contributed by atoms with Gasteiger partial charge in [-0.3, -0.25) is 13.8 Å². The van der Waals surface area contributed by atoms with E-state index >= 15 is 0 Å². The van der Waals surface area contributed by atoms with Gasteiger partial charge in [0.2, 0.25) is 5.91 Å². The summed E-state index contributed by atoms with van der Waals surface area (Å²) in [6.45, 7) is 4.90. The Labute approximate surface area is 564 Å². The highest BCUT2D eigenvalue weighted by molar-refractivity contribution is 7.47. The van der Waals surface area contributed by atoms with Crippen LogP contribution in [0.1, 0.15) is 450 Å². The van der Waals surface area contributed by atoms with Crippen LogP contribution in [-0.4, -0.2) is 73.4 Å². The normalized spacial score (nSPS) is 13.5. The van der Waals surface area contributed by atoms with Crippen LogP contribution >= 0.6 is 7.82 Å². The van der Waals surface area contributed by atoms with Crippen molar-refractivity contribution in [1.82, 2.24) is 5.32 Å². The van der Waals surface area contributed by atoms with Crippen molar-refractivity contribution in [2.75, 3.05) is 40.9 Å². The fourth-order valence-corrected chi connectivity index (χ4v) is 13.9. The van der Waals surface area contributed by atoms with Crippen LogP contribution in [0.3, 0.4) is 0 Å². The molecule has 0 heterocycles. The number of carbonyl (C=O) groups is 1. The maximum atomic E-state index is 13.1. The van der Waals surface area contributed by atoms with E-state index in [0.717, 1.165) is 32.1 Å². The third kappa shape index (κ3) is 74.6. The van der Waals surface area contributed by atoms with Gasteiger partial charge in [0, 0.05) is 6.42 Å². The fourth-order valence-electron chi connectivity index (χ4n) is 13.2. The number of carbonyl (C=O) groups excluding carboxylic acids is 1. The summed E-state index contributed by atoms with van der Waals surface area (Å²) in [6.07, 6.45) is 95.7. The predicted octanol–water partition coefficient (Wildman–Crippen LogP) is 26.8. The average molecular weight is 1290 g/mol. The van der Waals surface area contributed by atoms with E-state index in [1.54, 1.807) is 6.08 Å². The third-order valence-corrected chi connectivity index (χ3v) is 20.5. The summed E-state index contributed by atoms with van der Waals surface area (Å²) in [7, 11) is 1.60. The van der Waals surface area contributed by atoms with Crippen LogP contribution in [0.2, 0.25) is 0 Å². The van der Waals surface area contributed by atoms with Gasteiger partial charge in [-0.05, 0) is 19.3 Å². The molecule has 0 aromatic heterocycles. The van der Waals surface area contributed by atoms with Gasteiger partial charge in [0.1, 0.15) is 13.2 Å². The van der Waals surface area contributed by atoms with Crippen molar-refractivity contribution in [3.63, 3.8) is 0 Å². The topological polar surface area (TPSA) is 105 Å². The monoisotopic (exact) mass is 1290 g/mol. The van der Waals surface area contributed by atoms with E-state index in [-0.39, 0.29) is 19.1 Å². The molecular formula is C81H164N2O6P+. The van der Waals surface area contributed by atoms with E-state index in [1.165, 1.54) is 398 Å². The van der Waals surface area contributed by atoms with Crippen molar-refractivity contribution in [3.8, 4) is 0 Å². The summed E-state index contributed by atoms with van der Waals surface area (Å²) >= 11 is 0. The van der Waals surface area contributed by atoms with Crippen LogP contribution in [-0.2, 0) is 18.4 Å². The number of rotatable bonds is 78. The molecule has 0 aliphatic heterocycles. The first-order valence-corrected chi connectivity index (χ1v) is 42.6. The van der Waals surface area contributed by atoms with Gasteiger partial charge < -0.3 is 19.8 Å². The van der Waals surface area contributed by atoms with E-state index in [1.807, 2.05) is 27.2 Å². The number of likely N-dealkylation sites (N-methyl/N-ethyl adjacent to an activating group) is 1. The summed E-state index contributed by atoms with van der Waals surface area (Å²) in [5, 5.41) is 14.1. The Morgan fingerprint density at radius 3 is 0.822 bits per heavy atom. The Morgan fingerprint density at radius 2 is 0.589 bits per heavy atom. The van der Waals surface area contributed by atoms with Gasteiger partial charge in [-0.1, -0.05) is 437 Å². The van der Waals surface area contributed by atoms with Crippen LogP contribution in [0.5, 0.6) is 0 Å². The molecule has 0 rings (SSSR count). The van der Waals surface area contributed by atoms with Crippen LogP contribution in [0.15, 0.2) is 12.2 Å². The highest BCUT2D eigenvalue weighted by atomic mass is 31.2. The lowest BCUT2D eigenvalue weighted by atomic mass is 10.0. The number of phosphoric ester groups is 1. The molecule has 0 aromatic rings. The zero-order chi connectivity index (χ0) is 65.5. The zero-order valence-corrected chi connectivity index (χ0v) is 62.8. The number of quaternary nitrogens is 1. The molecule has 9 heteroatoms. The van der Waals surface area contributed by atoms with Crippen molar-refractivity contribution in [2.45, 2.75) is 463 Å². The molecule has 0 fully saturated rings. The first-order valence-electron chi connectivity index (χ1n) is 41.1. The molecule has 538 valence electrons. The first kappa shape index (κ1) is 89.2. The summed E-state index contributed by atoms with van der Waals surface area (Å²) < 4.78 is 23.9. The molecule has 90 heavy (non-hydrogen) atoms. The maximum absolute atomic E-state index is 13.1. The number of hydrogen-bond acceptors (Lipinski definition) is 5. The van der Waals surface area contributed by atoms with Crippen molar-refractivity contribution < 1.29 is 32.9 Å². The van der Waals surface area contributed by atoms with Gasteiger partial charge in [0.05, 0.1) is 39.9 Å². The second-order valence-electron chi connectivity index (χ2n) is 29.9. The van der Waals surface area contributed by atoms with Gasteiger partial charge in [0.25, 0.3) is 0 Å². The molecule has 0 aromatic carbocycles. The Kier molecular flexibility index (Phi) is 71.9. The first-order chi connectivity index (χ1) is 44.0. The van der Waals surface area contributed by atoms with Crippen molar-refractivity contribution in [3.05, 3.63) is 12.2 Å². The minimum atomic E-state index is -4.35. The number of phosphoric acid groups is 1. The highest BCUT2D eigenvalue weighted by Gasteiger charge is 2.28. The SMILES string of the molecule is CCCCCCCCCCCCCCCCCCCCCCCCCCCC/C=C/C(O)C(COP(=O)(O)OCC[N+](C)(C)C)NC(=O)CCCCCCCCCCCCCCCCCCCCCCCCCCCCCCCCCCCCCCCCCC. The molecular weight excluding hydrogens is 1130 g/mol. The molecule has 3 N–H and O–H groups in total. The summed E-state index contributed by atoms with van der Waals surface area (Å²) in [5.41, 5.74) is 0. The van der Waals surface area contributed by atoms with Crippen LogP contribution in [0.4, 0.5) is 0 Å². The van der Waals surface area contributed by atoms with Crippen molar-refractivity contribution >= 4 is 13.7 Å². The van der Waals surface area contributed by atoms with Gasteiger partial charge >= 0.3 is 7.82 Å². The van der Waals surface area contributed by atoms with E-state index in [2.05, 4.69) is 19.2 Å². The molecule has 0 saturated carbocycles. The molecule has 0 spiro atoms. The van der Waals surface area contributed by atoms with Crippen LogP contribution < -0.4 is 5.32 Å². The number of amides is 1. The van der Waals surface area contributed by atoms with Gasteiger partial charge in [-0.15, -0.1) is 0 Å². The van der Waals surface area contributed by atoms with E-state index in [4.69, 9.17) is 9.05 Å². The minimum Gasteiger partial charge on any atom is -0.387 e. The fraction of sp³-hybridized carbons (Fsp3) is 0.963. The van der Waals surface area contributed by atoms with E-state index < -0.39 is 20.0 Å². The zero-order valence-electron chi connectivity index (χ0n) is 61.9. The second-order valence-corrected chi connectivity index (χ2v) is 31.3. The molecule has 0 aliphatic rings. The lowest BCUT2D eigenvalue weighted by Crippen LogP contribution is -2.45.